The van der Waals surface area contributed by atoms with E-state index in [0.717, 1.165) is 17.1 Å². The van der Waals surface area contributed by atoms with Crippen molar-refractivity contribution in [1.82, 2.24) is 5.32 Å². The van der Waals surface area contributed by atoms with Crippen LogP contribution in [0.3, 0.4) is 0 Å². The van der Waals surface area contributed by atoms with Gasteiger partial charge < -0.3 is 10.1 Å². The summed E-state index contributed by atoms with van der Waals surface area (Å²) in [7, 11) is 1.92. The summed E-state index contributed by atoms with van der Waals surface area (Å²) in [5.74, 6) is 0. The molecule has 15 heavy (non-hydrogen) atoms. The molecule has 1 aromatic rings. The molecule has 1 rings (SSSR count). The van der Waals surface area contributed by atoms with Crippen molar-refractivity contribution in [3.05, 3.63) is 34.9 Å². The van der Waals surface area contributed by atoms with E-state index in [-0.39, 0.29) is 12.2 Å². The van der Waals surface area contributed by atoms with Gasteiger partial charge in [-0.3, -0.25) is 0 Å². The standard InChI is InChI=1S/C12H18ClNO/c1-9(2)15-12(8-14-3)10-4-6-11(13)7-5-10/h4-7,9,12,14H,8H2,1-3H3/t12-/m1/s1. The zero-order valence-corrected chi connectivity index (χ0v) is 10.2. The van der Waals surface area contributed by atoms with Crippen LogP contribution in [0.25, 0.3) is 0 Å². The molecule has 0 amide bonds. The maximum atomic E-state index is 5.84. The van der Waals surface area contributed by atoms with Gasteiger partial charge in [0.15, 0.2) is 0 Å². The highest BCUT2D eigenvalue weighted by Gasteiger charge is 2.12. The Hall–Kier alpha value is -0.570. The summed E-state index contributed by atoms with van der Waals surface area (Å²) in [6, 6.07) is 7.80. The Morgan fingerprint density at radius 3 is 2.33 bits per heavy atom. The minimum Gasteiger partial charge on any atom is -0.370 e. The summed E-state index contributed by atoms with van der Waals surface area (Å²) in [5, 5.41) is 3.88. The van der Waals surface area contributed by atoms with Gasteiger partial charge in [-0.15, -0.1) is 0 Å². The average Bonchev–Trinajstić information content (AvgIpc) is 2.17. The first-order valence-electron chi connectivity index (χ1n) is 5.19. The number of halogens is 1. The summed E-state index contributed by atoms with van der Waals surface area (Å²) in [6.07, 6.45) is 0.311. The predicted molar refractivity (Wildman–Crippen MR) is 64.3 cm³/mol. The van der Waals surface area contributed by atoms with Gasteiger partial charge in [0.1, 0.15) is 0 Å². The quantitative estimate of drug-likeness (QED) is 0.835. The molecule has 1 atom stereocenters. The van der Waals surface area contributed by atoms with Gasteiger partial charge in [0.25, 0.3) is 0 Å². The fraction of sp³-hybridized carbons (Fsp3) is 0.500. The Morgan fingerprint density at radius 2 is 1.87 bits per heavy atom. The number of benzene rings is 1. The second-order valence-corrected chi connectivity index (χ2v) is 4.22. The Balaban J connectivity index is 2.74. The Labute approximate surface area is 96.6 Å². The lowest BCUT2D eigenvalue weighted by molar-refractivity contribution is 0.00814. The van der Waals surface area contributed by atoms with E-state index in [4.69, 9.17) is 16.3 Å². The van der Waals surface area contributed by atoms with Crippen molar-refractivity contribution < 1.29 is 4.74 Å². The lowest BCUT2D eigenvalue weighted by Gasteiger charge is -2.20. The van der Waals surface area contributed by atoms with Crippen molar-refractivity contribution in [2.45, 2.75) is 26.1 Å². The third-order valence-electron chi connectivity index (χ3n) is 2.07. The highest BCUT2D eigenvalue weighted by Crippen LogP contribution is 2.20. The van der Waals surface area contributed by atoms with Crippen LogP contribution >= 0.6 is 11.6 Å². The molecule has 3 heteroatoms. The topological polar surface area (TPSA) is 21.3 Å². The van der Waals surface area contributed by atoms with Gasteiger partial charge in [0, 0.05) is 11.6 Å². The van der Waals surface area contributed by atoms with Gasteiger partial charge in [-0.1, -0.05) is 23.7 Å². The van der Waals surface area contributed by atoms with E-state index in [2.05, 4.69) is 5.32 Å². The summed E-state index contributed by atoms with van der Waals surface area (Å²) in [6.45, 7) is 4.89. The van der Waals surface area contributed by atoms with Gasteiger partial charge in [-0.05, 0) is 38.6 Å². The van der Waals surface area contributed by atoms with Crippen LogP contribution in [0.2, 0.25) is 5.02 Å². The monoisotopic (exact) mass is 227 g/mol. The molecule has 0 aliphatic carbocycles. The SMILES string of the molecule is CNC[C@@H](OC(C)C)c1ccc(Cl)cc1. The predicted octanol–water partition coefficient (Wildman–Crippen LogP) is 3.03. The van der Waals surface area contributed by atoms with Gasteiger partial charge in [-0.25, -0.2) is 0 Å². The normalized spacial score (nSPS) is 13.1. The molecule has 0 aliphatic rings. The van der Waals surface area contributed by atoms with Gasteiger partial charge >= 0.3 is 0 Å². The third kappa shape index (κ3) is 4.20. The van der Waals surface area contributed by atoms with Crippen LogP contribution in [-0.2, 0) is 4.74 Å². The summed E-state index contributed by atoms with van der Waals surface area (Å²) in [5.41, 5.74) is 1.16. The second-order valence-electron chi connectivity index (χ2n) is 3.78. The lowest BCUT2D eigenvalue weighted by Crippen LogP contribution is -2.22. The van der Waals surface area contributed by atoms with Gasteiger partial charge in [0.05, 0.1) is 12.2 Å². The van der Waals surface area contributed by atoms with E-state index in [1.807, 2.05) is 45.2 Å². The van der Waals surface area contributed by atoms with E-state index >= 15 is 0 Å². The average molecular weight is 228 g/mol. The maximum absolute atomic E-state index is 5.84. The molecule has 0 heterocycles. The van der Waals surface area contributed by atoms with Crippen LogP contribution in [0.4, 0.5) is 0 Å². The van der Waals surface area contributed by atoms with Crippen LogP contribution in [-0.4, -0.2) is 19.7 Å². The maximum Gasteiger partial charge on any atom is 0.0952 e. The largest absolute Gasteiger partial charge is 0.370 e. The first-order valence-corrected chi connectivity index (χ1v) is 5.56. The molecule has 0 aliphatic heterocycles. The van der Waals surface area contributed by atoms with Crippen LogP contribution in [0, 0.1) is 0 Å². The molecule has 1 aromatic carbocycles. The molecule has 0 unspecified atom stereocenters. The molecule has 2 nitrogen and oxygen atoms in total. The zero-order chi connectivity index (χ0) is 11.3. The summed E-state index contributed by atoms with van der Waals surface area (Å²) < 4.78 is 5.81. The van der Waals surface area contributed by atoms with E-state index in [0.29, 0.717) is 0 Å². The van der Waals surface area contributed by atoms with Crippen molar-refractivity contribution in [2.75, 3.05) is 13.6 Å². The summed E-state index contributed by atoms with van der Waals surface area (Å²) in [4.78, 5) is 0. The second kappa shape index (κ2) is 6.11. The van der Waals surface area contributed by atoms with Crippen molar-refractivity contribution >= 4 is 11.6 Å². The Bertz CT molecular complexity index is 284. The Morgan fingerprint density at radius 1 is 1.27 bits per heavy atom. The fourth-order valence-corrected chi connectivity index (χ4v) is 1.56. The van der Waals surface area contributed by atoms with Gasteiger partial charge in [0.2, 0.25) is 0 Å². The molecule has 0 saturated carbocycles. The van der Waals surface area contributed by atoms with E-state index < -0.39 is 0 Å². The first kappa shape index (κ1) is 12.5. The van der Waals surface area contributed by atoms with E-state index in [1.165, 1.54) is 0 Å². The molecule has 0 radical (unpaired) electrons. The van der Waals surface area contributed by atoms with Crippen LogP contribution in [0.1, 0.15) is 25.5 Å². The van der Waals surface area contributed by atoms with E-state index in [1.54, 1.807) is 0 Å². The zero-order valence-electron chi connectivity index (χ0n) is 9.46. The minimum absolute atomic E-state index is 0.0901. The molecule has 0 fully saturated rings. The number of rotatable bonds is 5. The van der Waals surface area contributed by atoms with Crippen LogP contribution in [0.5, 0.6) is 0 Å². The number of ether oxygens (including phenoxy) is 1. The summed E-state index contributed by atoms with van der Waals surface area (Å²) >= 11 is 5.84. The highest BCUT2D eigenvalue weighted by atomic mass is 35.5. The fourth-order valence-electron chi connectivity index (χ4n) is 1.44. The molecule has 84 valence electrons. The number of hydrogen-bond acceptors (Lipinski definition) is 2. The van der Waals surface area contributed by atoms with Crippen molar-refractivity contribution in [3.8, 4) is 0 Å². The van der Waals surface area contributed by atoms with Crippen molar-refractivity contribution in [2.24, 2.45) is 0 Å². The number of nitrogens with one attached hydrogen (secondary N) is 1. The molecular weight excluding hydrogens is 210 g/mol. The smallest absolute Gasteiger partial charge is 0.0952 e. The minimum atomic E-state index is 0.0901. The van der Waals surface area contributed by atoms with Crippen LogP contribution in [0.15, 0.2) is 24.3 Å². The van der Waals surface area contributed by atoms with E-state index in [9.17, 15) is 0 Å². The van der Waals surface area contributed by atoms with Crippen molar-refractivity contribution in [1.29, 1.82) is 0 Å². The Kier molecular flexibility index (Phi) is 5.09. The van der Waals surface area contributed by atoms with Crippen molar-refractivity contribution in [3.63, 3.8) is 0 Å². The number of likely N-dealkylation sites (N-methyl/N-ethyl adjacent to an activating group) is 1. The lowest BCUT2D eigenvalue weighted by atomic mass is 10.1. The molecule has 1 N–H and O–H groups in total. The molecular formula is C12H18ClNO. The first-order chi connectivity index (χ1) is 7.13. The molecule has 0 bridgehead atoms. The van der Waals surface area contributed by atoms with Crippen LogP contribution < -0.4 is 5.32 Å². The van der Waals surface area contributed by atoms with Gasteiger partial charge in [-0.2, -0.15) is 0 Å². The number of hydrogen-bond donors (Lipinski definition) is 1. The molecule has 0 aromatic heterocycles. The molecule has 0 saturated heterocycles. The molecule has 0 spiro atoms. The third-order valence-corrected chi connectivity index (χ3v) is 2.32. The highest BCUT2D eigenvalue weighted by molar-refractivity contribution is 6.30.